The first-order chi connectivity index (χ1) is 17.5. The molecule has 36 heavy (non-hydrogen) atoms. The minimum Gasteiger partial charge on any atom is -0.493 e. The zero-order valence-corrected chi connectivity index (χ0v) is 19.7. The lowest BCUT2D eigenvalue weighted by Crippen LogP contribution is -2.26. The van der Waals surface area contributed by atoms with E-state index in [0.29, 0.717) is 39.8 Å². The van der Waals surface area contributed by atoms with Gasteiger partial charge >= 0.3 is 0 Å². The molecule has 5 rings (SSSR count). The monoisotopic (exact) mass is 481 g/mol. The predicted octanol–water partition coefficient (Wildman–Crippen LogP) is 5.12. The number of anilines is 4. The van der Waals surface area contributed by atoms with Gasteiger partial charge in [-0.15, -0.1) is 0 Å². The normalized spacial score (nSPS) is 13.0. The highest BCUT2D eigenvalue weighted by molar-refractivity contribution is 6.21. The summed E-state index contributed by atoms with van der Waals surface area (Å²) >= 11 is 0. The third-order valence-electron chi connectivity index (χ3n) is 6.00. The van der Waals surface area contributed by atoms with E-state index in [2.05, 4.69) is 10.6 Å². The molecule has 0 fully saturated rings. The highest BCUT2D eigenvalue weighted by Crippen LogP contribution is 2.40. The van der Waals surface area contributed by atoms with Gasteiger partial charge in [0.2, 0.25) is 11.8 Å². The first-order valence-corrected chi connectivity index (χ1v) is 11.3. The van der Waals surface area contributed by atoms with Gasteiger partial charge in [0.25, 0.3) is 5.91 Å². The molecule has 0 unspecified atom stereocenters. The van der Waals surface area contributed by atoms with E-state index < -0.39 is 0 Å². The number of amides is 3. The Balaban J connectivity index is 1.47. The Morgan fingerprint density at radius 3 is 2.42 bits per heavy atom. The Kier molecular flexibility index (Phi) is 6.00. The molecule has 0 aromatic heterocycles. The zero-order valence-electron chi connectivity index (χ0n) is 19.7. The van der Waals surface area contributed by atoms with E-state index >= 15 is 0 Å². The summed E-state index contributed by atoms with van der Waals surface area (Å²) < 4.78 is 10.6. The fourth-order valence-electron chi connectivity index (χ4n) is 4.35. The van der Waals surface area contributed by atoms with Crippen molar-refractivity contribution in [3.8, 4) is 11.5 Å². The molecule has 3 amide bonds. The van der Waals surface area contributed by atoms with E-state index in [1.165, 1.54) is 19.1 Å². The Hall–Kier alpha value is -4.85. The highest BCUT2D eigenvalue weighted by Gasteiger charge is 2.28. The van der Waals surface area contributed by atoms with Gasteiger partial charge in [-0.3, -0.25) is 19.3 Å². The van der Waals surface area contributed by atoms with Crippen molar-refractivity contribution in [1.82, 2.24) is 0 Å². The van der Waals surface area contributed by atoms with Crippen LogP contribution in [0, 0.1) is 0 Å². The van der Waals surface area contributed by atoms with Crippen molar-refractivity contribution >= 4 is 51.2 Å². The molecule has 1 aliphatic rings. The summed E-state index contributed by atoms with van der Waals surface area (Å²) in [6.45, 7) is 0. The Morgan fingerprint density at radius 1 is 0.889 bits per heavy atom. The molecule has 2 N–H and O–H groups in total. The third-order valence-corrected chi connectivity index (χ3v) is 6.00. The number of nitrogens with zero attached hydrogens (tertiary/aromatic N) is 1. The topological polar surface area (TPSA) is 97.0 Å². The number of carbonyl (C=O) groups excluding carboxylic acids is 3. The zero-order chi connectivity index (χ0) is 25.2. The summed E-state index contributed by atoms with van der Waals surface area (Å²) in [5.41, 5.74) is 2.61. The smallest absolute Gasteiger partial charge is 0.259 e. The van der Waals surface area contributed by atoms with Crippen molar-refractivity contribution in [2.24, 2.45) is 0 Å². The summed E-state index contributed by atoms with van der Waals surface area (Å²) in [6, 6.07) is 23.3. The van der Waals surface area contributed by atoms with Crippen molar-refractivity contribution in [1.29, 1.82) is 0 Å². The van der Waals surface area contributed by atoms with Crippen LogP contribution in [0.25, 0.3) is 10.8 Å². The van der Waals surface area contributed by atoms with Gasteiger partial charge < -0.3 is 20.1 Å². The van der Waals surface area contributed by atoms with Crippen LogP contribution in [0.15, 0.2) is 78.9 Å². The molecule has 0 bridgehead atoms. The summed E-state index contributed by atoms with van der Waals surface area (Å²) in [7, 11) is 2.98. The van der Waals surface area contributed by atoms with E-state index in [1.807, 2.05) is 36.4 Å². The quantitative estimate of drug-likeness (QED) is 0.386. The molecule has 1 heterocycles. The number of benzene rings is 4. The molecule has 8 heteroatoms. The first-order valence-electron chi connectivity index (χ1n) is 11.3. The number of hydrogen-bond acceptors (Lipinski definition) is 5. The molecule has 0 aliphatic carbocycles. The average molecular weight is 482 g/mol. The largest absolute Gasteiger partial charge is 0.493 e. The maximum Gasteiger partial charge on any atom is 0.259 e. The number of methoxy groups -OCH3 is 2. The molecule has 4 aromatic carbocycles. The Morgan fingerprint density at radius 2 is 1.67 bits per heavy atom. The minimum atomic E-state index is -0.365. The second kappa shape index (κ2) is 9.42. The van der Waals surface area contributed by atoms with Gasteiger partial charge in [-0.25, -0.2) is 0 Å². The van der Waals surface area contributed by atoms with Crippen molar-refractivity contribution in [3.63, 3.8) is 0 Å². The molecular weight excluding hydrogens is 458 g/mol. The summed E-state index contributed by atoms with van der Waals surface area (Å²) in [5.74, 6) is -0.286. The van der Waals surface area contributed by atoms with Crippen LogP contribution in [0.5, 0.6) is 11.5 Å². The maximum absolute atomic E-state index is 13.1. The number of nitrogens with one attached hydrogen (secondary N) is 2. The van der Waals surface area contributed by atoms with Gasteiger partial charge in [0.05, 0.1) is 31.2 Å². The Labute approximate surface area is 207 Å². The van der Waals surface area contributed by atoms with Gasteiger partial charge in [-0.1, -0.05) is 36.4 Å². The van der Waals surface area contributed by atoms with Crippen LogP contribution in [-0.4, -0.2) is 31.9 Å². The van der Waals surface area contributed by atoms with E-state index in [1.54, 1.807) is 42.5 Å². The fourth-order valence-corrected chi connectivity index (χ4v) is 4.35. The van der Waals surface area contributed by atoms with Crippen LogP contribution in [0.1, 0.15) is 16.8 Å². The van der Waals surface area contributed by atoms with E-state index in [4.69, 9.17) is 9.47 Å². The molecule has 180 valence electrons. The molecule has 0 spiro atoms. The highest BCUT2D eigenvalue weighted by atomic mass is 16.5. The van der Waals surface area contributed by atoms with E-state index in [9.17, 15) is 14.4 Å². The van der Waals surface area contributed by atoms with Gasteiger partial charge in [-0.2, -0.15) is 0 Å². The first kappa shape index (κ1) is 22.9. The number of hydrogen-bond donors (Lipinski definition) is 2. The lowest BCUT2D eigenvalue weighted by Gasteiger charge is -2.23. The van der Waals surface area contributed by atoms with Gasteiger partial charge in [0.15, 0.2) is 11.5 Å². The molecule has 4 aromatic rings. The van der Waals surface area contributed by atoms with Crippen molar-refractivity contribution in [2.75, 3.05) is 29.8 Å². The maximum atomic E-state index is 13.1. The second-order valence-electron chi connectivity index (χ2n) is 8.18. The van der Waals surface area contributed by atoms with Gasteiger partial charge in [-0.05, 0) is 47.9 Å². The van der Waals surface area contributed by atoms with Crippen LogP contribution >= 0.6 is 0 Å². The van der Waals surface area contributed by atoms with Crippen LogP contribution in [0.4, 0.5) is 22.7 Å². The number of rotatable bonds is 5. The SMILES string of the molecule is COc1cccc(C(=O)Nc2ccc(N3C(=O)CC(=O)Nc4c3ccc3ccccc43)cc2)c1OC. The predicted molar refractivity (Wildman–Crippen MR) is 138 cm³/mol. The van der Waals surface area contributed by atoms with E-state index in [0.717, 1.165) is 10.8 Å². The molecular formula is C28H23N3O5. The number of para-hydroxylation sites is 1. The lowest BCUT2D eigenvalue weighted by atomic mass is 10.1. The average Bonchev–Trinajstić information content (AvgIpc) is 3.03. The lowest BCUT2D eigenvalue weighted by molar-refractivity contribution is -0.124. The van der Waals surface area contributed by atoms with Gasteiger partial charge in [0, 0.05) is 16.8 Å². The second-order valence-corrected chi connectivity index (χ2v) is 8.18. The van der Waals surface area contributed by atoms with Crippen LogP contribution < -0.4 is 25.0 Å². The summed E-state index contributed by atoms with van der Waals surface area (Å²) in [6.07, 6.45) is -0.281. The Bertz CT molecular complexity index is 1500. The number of ether oxygens (including phenoxy) is 2. The summed E-state index contributed by atoms with van der Waals surface area (Å²) in [4.78, 5) is 40.0. The van der Waals surface area contributed by atoms with Crippen molar-refractivity contribution < 1.29 is 23.9 Å². The molecule has 0 radical (unpaired) electrons. The molecule has 8 nitrogen and oxygen atoms in total. The van der Waals surface area contributed by atoms with E-state index in [-0.39, 0.29) is 24.1 Å². The number of carbonyl (C=O) groups is 3. The molecule has 1 aliphatic heterocycles. The van der Waals surface area contributed by atoms with Crippen LogP contribution in [0.2, 0.25) is 0 Å². The van der Waals surface area contributed by atoms with Gasteiger partial charge in [0.1, 0.15) is 6.42 Å². The minimum absolute atomic E-state index is 0.281. The molecule has 0 atom stereocenters. The van der Waals surface area contributed by atoms with Crippen molar-refractivity contribution in [3.05, 3.63) is 84.4 Å². The summed E-state index contributed by atoms with van der Waals surface area (Å²) in [5, 5.41) is 7.54. The number of fused-ring (bicyclic) bond motifs is 3. The van der Waals surface area contributed by atoms with Crippen LogP contribution in [-0.2, 0) is 9.59 Å². The molecule has 0 saturated heterocycles. The molecule has 0 saturated carbocycles. The van der Waals surface area contributed by atoms with Crippen molar-refractivity contribution in [2.45, 2.75) is 6.42 Å². The fraction of sp³-hybridized carbons (Fsp3) is 0.107. The third kappa shape index (κ3) is 4.09. The standard InChI is InChI=1S/C28H23N3O5/c1-35-23-9-5-8-21(27(23)36-2)28(34)29-18-11-13-19(14-12-18)31-22-15-10-17-6-3-4-7-20(17)26(22)30-24(32)16-25(31)33/h3-15H,16H2,1-2H3,(H,29,34)(H,30,32). The van der Waals surface area contributed by atoms with Crippen LogP contribution in [0.3, 0.4) is 0 Å².